The Morgan fingerprint density at radius 2 is 1.86 bits per heavy atom. The number of ether oxygens (including phenoxy) is 2. The van der Waals surface area contributed by atoms with E-state index in [1.807, 2.05) is 13.8 Å². The van der Waals surface area contributed by atoms with Gasteiger partial charge in [0.1, 0.15) is 6.10 Å². The van der Waals surface area contributed by atoms with Gasteiger partial charge in [-0.05, 0) is 52.7 Å². The quantitative estimate of drug-likeness (QED) is 0.653. The van der Waals surface area contributed by atoms with Gasteiger partial charge in [0.15, 0.2) is 5.79 Å². The van der Waals surface area contributed by atoms with Crippen molar-refractivity contribution in [2.24, 2.45) is 0 Å². The highest BCUT2D eigenvalue weighted by molar-refractivity contribution is 5.76. The Labute approximate surface area is 127 Å². The molecule has 0 spiro atoms. The first-order valence-corrected chi connectivity index (χ1v) is 8.09. The summed E-state index contributed by atoms with van der Waals surface area (Å²) in [6, 6.07) is 0.0143. The average molecular weight is 299 g/mol. The monoisotopic (exact) mass is 299 g/mol. The molecular formula is C15H29N3O3. The molecule has 6 heteroatoms. The Bertz CT molecular complexity index is 336. The third kappa shape index (κ3) is 5.90. The van der Waals surface area contributed by atoms with Crippen molar-refractivity contribution in [2.45, 2.75) is 57.5 Å². The number of hydrogen-bond donors (Lipinski definition) is 3. The van der Waals surface area contributed by atoms with E-state index in [2.05, 4.69) is 16.0 Å². The van der Waals surface area contributed by atoms with Gasteiger partial charge < -0.3 is 25.4 Å². The molecule has 3 N–H and O–H groups in total. The van der Waals surface area contributed by atoms with Crippen molar-refractivity contribution in [1.82, 2.24) is 16.0 Å². The van der Waals surface area contributed by atoms with E-state index >= 15 is 0 Å². The SMILES string of the molecule is CC1(C)OC[C@H]([C@H]2CC(=O)NCCCNCCCCN2)O1. The lowest BCUT2D eigenvalue weighted by Gasteiger charge is -2.25. The normalized spacial score (nSPS) is 32.6. The molecule has 0 unspecified atom stereocenters. The lowest BCUT2D eigenvalue weighted by Crippen LogP contribution is -2.45. The van der Waals surface area contributed by atoms with Crippen LogP contribution in [-0.2, 0) is 14.3 Å². The van der Waals surface area contributed by atoms with Gasteiger partial charge in [0.05, 0.1) is 6.61 Å². The molecule has 2 fully saturated rings. The van der Waals surface area contributed by atoms with E-state index in [1.165, 1.54) is 0 Å². The molecule has 0 aromatic heterocycles. The summed E-state index contributed by atoms with van der Waals surface area (Å²) < 4.78 is 11.5. The zero-order chi connectivity index (χ0) is 15.1. The number of hydrogen-bond acceptors (Lipinski definition) is 5. The van der Waals surface area contributed by atoms with Gasteiger partial charge in [-0.2, -0.15) is 0 Å². The number of amides is 1. The molecule has 2 aliphatic rings. The molecule has 21 heavy (non-hydrogen) atoms. The Hall–Kier alpha value is -0.690. The lowest BCUT2D eigenvalue weighted by atomic mass is 10.1. The van der Waals surface area contributed by atoms with Gasteiger partial charge in [0.25, 0.3) is 0 Å². The van der Waals surface area contributed by atoms with Crippen LogP contribution in [0, 0.1) is 0 Å². The van der Waals surface area contributed by atoms with Gasteiger partial charge in [-0.3, -0.25) is 4.79 Å². The molecule has 0 radical (unpaired) electrons. The van der Waals surface area contributed by atoms with E-state index in [-0.39, 0.29) is 18.1 Å². The Morgan fingerprint density at radius 1 is 1.10 bits per heavy atom. The second-order valence-electron chi connectivity index (χ2n) is 6.29. The Balaban J connectivity index is 1.90. The second-order valence-corrected chi connectivity index (χ2v) is 6.29. The van der Waals surface area contributed by atoms with E-state index in [0.29, 0.717) is 13.0 Å². The van der Waals surface area contributed by atoms with Crippen molar-refractivity contribution in [3.63, 3.8) is 0 Å². The van der Waals surface area contributed by atoms with Crippen LogP contribution in [0.4, 0.5) is 0 Å². The van der Waals surface area contributed by atoms with Gasteiger partial charge in [-0.1, -0.05) is 0 Å². The fraction of sp³-hybridized carbons (Fsp3) is 0.933. The zero-order valence-electron chi connectivity index (χ0n) is 13.2. The largest absolute Gasteiger partial charge is 0.356 e. The highest BCUT2D eigenvalue weighted by Crippen LogP contribution is 2.25. The molecule has 0 aliphatic carbocycles. The number of carbonyl (C=O) groups excluding carboxylic acids is 1. The van der Waals surface area contributed by atoms with Crippen molar-refractivity contribution in [2.75, 3.05) is 32.8 Å². The topological polar surface area (TPSA) is 71.6 Å². The highest BCUT2D eigenvalue weighted by atomic mass is 16.7. The van der Waals surface area contributed by atoms with Gasteiger partial charge >= 0.3 is 0 Å². The van der Waals surface area contributed by atoms with Gasteiger partial charge in [-0.15, -0.1) is 0 Å². The molecule has 2 atom stereocenters. The predicted molar refractivity (Wildman–Crippen MR) is 81.0 cm³/mol. The Morgan fingerprint density at radius 3 is 2.62 bits per heavy atom. The third-order valence-corrected chi connectivity index (χ3v) is 3.92. The molecule has 0 saturated carbocycles. The van der Waals surface area contributed by atoms with E-state index < -0.39 is 5.79 Å². The molecule has 2 rings (SSSR count). The smallest absolute Gasteiger partial charge is 0.221 e. The highest BCUT2D eigenvalue weighted by Gasteiger charge is 2.37. The van der Waals surface area contributed by atoms with E-state index in [0.717, 1.165) is 45.4 Å². The molecule has 1 amide bonds. The Kier molecular flexibility index (Phi) is 6.41. The van der Waals surface area contributed by atoms with Crippen molar-refractivity contribution in [3.05, 3.63) is 0 Å². The summed E-state index contributed by atoms with van der Waals surface area (Å²) in [6.45, 7) is 8.00. The molecule has 0 aromatic rings. The maximum Gasteiger partial charge on any atom is 0.221 e. The van der Waals surface area contributed by atoms with Crippen LogP contribution < -0.4 is 16.0 Å². The van der Waals surface area contributed by atoms with Crippen LogP contribution in [0.5, 0.6) is 0 Å². The molecular weight excluding hydrogens is 270 g/mol. The molecule has 2 aliphatic heterocycles. The van der Waals surface area contributed by atoms with Gasteiger partial charge in [-0.25, -0.2) is 0 Å². The summed E-state index contributed by atoms with van der Waals surface area (Å²) in [4.78, 5) is 12.0. The zero-order valence-corrected chi connectivity index (χ0v) is 13.2. The summed E-state index contributed by atoms with van der Waals surface area (Å²) in [5.41, 5.74) is 0. The fourth-order valence-corrected chi connectivity index (χ4v) is 2.75. The number of carbonyl (C=O) groups is 1. The first-order valence-electron chi connectivity index (χ1n) is 8.09. The molecule has 0 aromatic carbocycles. The summed E-state index contributed by atoms with van der Waals surface area (Å²) in [6.07, 6.45) is 3.60. The van der Waals surface area contributed by atoms with Crippen molar-refractivity contribution in [1.29, 1.82) is 0 Å². The lowest BCUT2D eigenvalue weighted by molar-refractivity contribution is -0.143. The van der Waals surface area contributed by atoms with Crippen LogP contribution in [0.1, 0.15) is 39.5 Å². The van der Waals surface area contributed by atoms with Crippen LogP contribution in [0.2, 0.25) is 0 Å². The molecule has 0 bridgehead atoms. The summed E-state index contributed by atoms with van der Waals surface area (Å²) in [7, 11) is 0. The minimum atomic E-state index is -0.548. The summed E-state index contributed by atoms with van der Waals surface area (Å²) in [5.74, 6) is -0.464. The standard InChI is InChI=1S/C15H29N3O3/c1-15(2)20-11-13(21-15)12-10-14(19)18-9-5-7-16-6-3-4-8-17-12/h12-13,16-17H,3-11H2,1-2H3,(H,18,19)/t12-,13-/m1/s1. The van der Waals surface area contributed by atoms with E-state index in [4.69, 9.17) is 9.47 Å². The minimum Gasteiger partial charge on any atom is -0.356 e. The maximum atomic E-state index is 12.0. The van der Waals surface area contributed by atoms with Crippen LogP contribution in [0.25, 0.3) is 0 Å². The second kappa shape index (κ2) is 8.08. The predicted octanol–water partition coefficient (Wildman–Crippen LogP) is 0.376. The number of nitrogens with one attached hydrogen (secondary N) is 3. The van der Waals surface area contributed by atoms with Crippen LogP contribution in [0.15, 0.2) is 0 Å². The maximum absolute atomic E-state index is 12.0. The average Bonchev–Trinajstić information content (AvgIpc) is 2.79. The van der Waals surface area contributed by atoms with Crippen LogP contribution in [0.3, 0.4) is 0 Å². The molecule has 2 saturated heterocycles. The van der Waals surface area contributed by atoms with Gasteiger partial charge in [0.2, 0.25) is 5.91 Å². The van der Waals surface area contributed by atoms with E-state index in [1.54, 1.807) is 0 Å². The third-order valence-electron chi connectivity index (χ3n) is 3.92. The minimum absolute atomic E-state index is 0.0143. The van der Waals surface area contributed by atoms with Crippen molar-refractivity contribution >= 4 is 5.91 Å². The molecule has 2 heterocycles. The summed E-state index contributed by atoms with van der Waals surface area (Å²) in [5, 5.41) is 9.85. The van der Waals surface area contributed by atoms with Gasteiger partial charge in [0, 0.05) is 19.0 Å². The summed E-state index contributed by atoms with van der Waals surface area (Å²) >= 11 is 0. The first kappa shape index (κ1) is 16.7. The fourth-order valence-electron chi connectivity index (χ4n) is 2.75. The van der Waals surface area contributed by atoms with Crippen LogP contribution >= 0.6 is 0 Å². The molecule has 6 nitrogen and oxygen atoms in total. The molecule has 122 valence electrons. The van der Waals surface area contributed by atoms with Crippen LogP contribution in [-0.4, -0.2) is 56.6 Å². The first-order chi connectivity index (χ1) is 10.1. The van der Waals surface area contributed by atoms with Crippen molar-refractivity contribution in [3.8, 4) is 0 Å². The van der Waals surface area contributed by atoms with E-state index in [9.17, 15) is 4.79 Å². The van der Waals surface area contributed by atoms with Crippen molar-refractivity contribution < 1.29 is 14.3 Å². The number of rotatable bonds is 1.